The molecule has 0 radical (unpaired) electrons. The molecule has 2 aromatic carbocycles. The summed E-state index contributed by atoms with van der Waals surface area (Å²) >= 11 is 10.7. The van der Waals surface area contributed by atoms with E-state index in [2.05, 4.69) is 10.6 Å². The molecule has 0 heterocycles. The van der Waals surface area contributed by atoms with E-state index in [1.165, 1.54) is 30.3 Å². The molecule has 0 amide bonds. The average Bonchev–Trinajstić information content (AvgIpc) is 2.34. The van der Waals surface area contributed by atoms with Crippen LogP contribution in [0.2, 0.25) is 5.02 Å². The molecule has 0 aromatic heterocycles. The highest BCUT2D eigenvalue weighted by Crippen LogP contribution is 2.19. The minimum absolute atomic E-state index is 0.00134. The quantitative estimate of drug-likeness (QED) is 0.802. The fraction of sp³-hybridized carbons (Fsp3) is 0. The normalized spacial score (nSPS) is 10.1. The van der Waals surface area contributed by atoms with Gasteiger partial charge in [0.25, 0.3) is 0 Å². The monoisotopic (exact) mass is 298 g/mol. The molecular formula is C13H9ClF2N2S. The fourth-order valence-electron chi connectivity index (χ4n) is 1.43. The van der Waals surface area contributed by atoms with Crippen LogP contribution in [0.4, 0.5) is 20.2 Å². The maximum absolute atomic E-state index is 13.0. The highest BCUT2D eigenvalue weighted by molar-refractivity contribution is 7.80. The number of rotatable bonds is 2. The van der Waals surface area contributed by atoms with E-state index >= 15 is 0 Å². The minimum atomic E-state index is -0.503. The molecule has 0 aliphatic carbocycles. The number of benzene rings is 2. The molecule has 0 saturated carbocycles. The average molecular weight is 299 g/mol. The van der Waals surface area contributed by atoms with E-state index in [9.17, 15) is 8.78 Å². The molecule has 2 rings (SSSR count). The summed E-state index contributed by atoms with van der Waals surface area (Å²) in [5.41, 5.74) is 1.06. The van der Waals surface area contributed by atoms with E-state index in [0.29, 0.717) is 11.4 Å². The van der Waals surface area contributed by atoms with Crippen molar-refractivity contribution in [3.63, 3.8) is 0 Å². The zero-order chi connectivity index (χ0) is 13.8. The second-order valence-electron chi connectivity index (χ2n) is 3.72. The first-order valence-electron chi connectivity index (χ1n) is 5.33. The third kappa shape index (κ3) is 3.87. The maximum atomic E-state index is 13.0. The Morgan fingerprint density at radius 2 is 1.68 bits per heavy atom. The van der Waals surface area contributed by atoms with Gasteiger partial charge < -0.3 is 10.6 Å². The van der Waals surface area contributed by atoms with E-state index < -0.39 is 5.82 Å². The van der Waals surface area contributed by atoms with E-state index in [-0.39, 0.29) is 16.0 Å². The van der Waals surface area contributed by atoms with E-state index in [1.807, 2.05) is 0 Å². The van der Waals surface area contributed by atoms with Crippen LogP contribution in [0.5, 0.6) is 0 Å². The Bertz CT molecular complexity index is 619. The predicted octanol–water partition coefficient (Wildman–Crippen LogP) is 4.43. The lowest BCUT2D eigenvalue weighted by molar-refractivity contribution is 0.628. The zero-order valence-corrected chi connectivity index (χ0v) is 11.2. The first-order valence-corrected chi connectivity index (χ1v) is 6.12. The third-order valence-corrected chi connectivity index (χ3v) is 2.75. The predicted molar refractivity (Wildman–Crippen MR) is 77.7 cm³/mol. The van der Waals surface area contributed by atoms with Gasteiger partial charge in [0, 0.05) is 11.4 Å². The molecule has 0 aliphatic rings. The highest BCUT2D eigenvalue weighted by Gasteiger charge is 2.03. The molecule has 0 bridgehead atoms. The molecule has 0 saturated heterocycles. The van der Waals surface area contributed by atoms with Gasteiger partial charge in [0.1, 0.15) is 11.6 Å². The van der Waals surface area contributed by atoms with Crippen LogP contribution in [0, 0.1) is 11.6 Å². The van der Waals surface area contributed by atoms with Gasteiger partial charge in [-0.15, -0.1) is 0 Å². The Hall–Kier alpha value is -1.72. The van der Waals surface area contributed by atoms with Crippen molar-refractivity contribution >= 4 is 40.3 Å². The van der Waals surface area contributed by atoms with Crippen LogP contribution >= 0.6 is 23.8 Å². The molecule has 0 fully saturated rings. The number of hydrogen-bond donors (Lipinski definition) is 2. The van der Waals surface area contributed by atoms with Crippen molar-refractivity contribution in [3.8, 4) is 0 Å². The molecule has 19 heavy (non-hydrogen) atoms. The van der Waals surface area contributed by atoms with Crippen LogP contribution in [0.1, 0.15) is 0 Å². The lowest BCUT2D eigenvalue weighted by atomic mass is 10.3. The first kappa shape index (κ1) is 13.7. The van der Waals surface area contributed by atoms with Crippen molar-refractivity contribution in [3.05, 3.63) is 59.1 Å². The molecule has 0 spiro atoms. The lowest BCUT2D eigenvalue weighted by Crippen LogP contribution is -2.19. The lowest BCUT2D eigenvalue weighted by Gasteiger charge is -2.10. The van der Waals surface area contributed by atoms with Gasteiger partial charge in [0.2, 0.25) is 0 Å². The van der Waals surface area contributed by atoms with Crippen molar-refractivity contribution in [2.45, 2.75) is 0 Å². The Morgan fingerprint density at radius 3 is 2.32 bits per heavy atom. The summed E-state index contributed by atoms with van der Waals surface area (Å²) in [5, 5.41) is 5.89. The Labute approximate surface area is 119 Å². The fourth-order valence-corrected chi connectivity index (χ4v) is 1.85. The van der Waals surface area contributed by atoms with Crippen molar-refractivity contribution in [1.82, 2.24) is 0 Å². The first-order chi connectivity index (χ1) is 9.04. The third-order valence-electron chi connectivity index (χ3n) is 2.26. The summed E-state index contributed by atoms with van der Waals surface area (Å²) in [6.45, 7) is 0. The molecule has 2 N–H and O–H groups in total. The van der Waals surface area contributed by atoms with Crippen molar-refractivity contribution < 1.29 is 8.78 Å². The molecular weight excluding hydrogens is 290 g/mol. The Kier molecular flexibility index (Phi) is 4.29. The largest absolute Gasteiger partial charge is 0.332 e. The van der Waals surface area contributed by atoms with Gasteiger partial charge in [0.15, 0.2) is 5.11 Å². The molecule has 2 nitrogen and oxygen atoms in total. The number of hydrogen-bond acceptors (Lipinski definition) is 1. The SMILES string of the molecule is Fc1cccc(NC(=S)Nc2ccc(F)c(Cl)c2)c1. The van der Waals surface area contributed by atoms with E-state index in [0.717, 1.165) is 0 Å². The summed E-state index contributed by atoms with van der Waals surface area (Å²) in [6, 6.07) is 10.0. The molecule has 0 unspecified atom stereocenters. The van der Waals surface area contributed by atoms with Gasteiger partial charge in [0.05, 0.1) is 5.02 Å². The van der Waals surface area contributed by atoms with Gasteiger partial charge >= 0.3 is 0 Å². The van der Waals surface area contributed by atoms with Crippen molar-refractivity contribution in [2.24, 2.45) is 0 Å². The van der Waals surface area contributed by atoms with E-state index in [4.69, 9.17) is 23.8 Å². The van der Waals surface area contributed by atoms with Crippen LogP contribution in [-0.2, 0) is 0 Å². The second kappa shape index (κ2) is 5.95. The molecule has 0 aliphatic heterocycles. The van der Waals surface area contributed by atoms with Gasteiger partial charge in [-0.1, -0.05) is 17.7 Å². The summed E-state index contributed by atoms with van der Waals surface area (Å²) in [4.78, 5) is 0. The van der Waals surface area contributed by atoms with Gasteiger partial charge in [-0.05, 0) is 48.6 Å². The highest BCUT2D eigenvalue weighted by atomic mass is 35.5. The standard InChI is InChI=1S/C13H9ClF2N2S/c14-11-7-10(4-5-12(11)16)18-13(19)17-9-3-1-2-8(15)6-9/h1-7H,(H2,17,18,19). The smallest absolute Gasteiger partial charge is 0.175 e. The van der Waals surface area contributed by atoms with Gasteiger partial charge in [-0.3, -0.25) is 0 Å². The molecule has 6 heteroatoms. The summed E-state index contributed by atoms with van der Waals surface area (Å²) in [7, 11) is 0. The topological polar surface area (TPSA) is 24.1 Å². The maximum Gasteiger partial charge on any atom is 0.175 e. The van der Waals surface area contributed by atoms with Crippen molar-refractivity contribution in [2.75, 3.05) is 10.6 Å². The summed E-state index contributed by atoms with van der Waals surface area (Å²) in [5.74, 6) is -0.867. The van der Waals surface area contributed by atoms with Crippen LogP contribution in [0.15, 0.2) is 42.5 Å². The number of halogens is 3. The summed E-state index contributed by atoms with van der Waals surface area (Å²) < 4.78 is 26.0. The molecule has 2 aromatic rings. The van der Waals surface area contributed by atoms with Crippen LogP contribution < -0.4 is 10.6 Å². The van der Waals surface area contributed by atoms with Crippen molar-refractivity contribution in [1.29, 1.82) is 0 Å². The van der Waals surface area contributed by atoms with Crippen LogP contribution in [-0.4, -0.2) is 5.11 Å². The van der Waals surface area contributed by atoms with Crippen LogP contribution in [0.25, 0.3) is 0 Å². The van der Waals surface area contributed by atoms with E-state index in [1.54, 1.807) is 12.1 Å². The summed E-state index contributed by atoms with van der Waals surface area (Å²) in [6.07, 6.45) is 0. The van der Waals surface area contributed by atoms with Gasteiger partial charge in [-0.2, -0.15) is 0 Å². The number of thiocarbonyl (C=S) groups is 1. The van der Waals surface area contributed by atoms with Gasteiger partial charge in [-0.25, -0.2) is 8.78 Å². The molecule has 98 valence electrons. The number of anilines is 2. The van der Waals surface area contributed by atoms with Crippen LogP contribution in [0.3, 0.4) is 0 Å². The Morgan fingerprint density at radius 1 is 1.00 bits per heavy atom. The second-order valence-corrected chi connectivity index (χ2v) is 4.53. The molecule has 0 atom stereocenters. The number of nitrogens with one attached hydrogen (secondary N) is 2. The Balaban J connectivity index is 2.03. The zero-order valence-electron chi connectivity index (χ0n) is 9.58. The minimum Gasteiger partial charge on any atom is -0.332 e.